The van der Waals surface area contributed by atoms with E-state index in [2.05, 4.69) is 41.4 Å². The van der Waals surface area contributed by atoms with Gasteiger partial charge in [0.05, 0.1) is 0 Å². The van der Waals surface area contributed by atoms with Crippen molar-refractivity contribution < 1.29 is 0 Å². The summed E-state index contributed by atoms with van der Waals surface area (Å²) in [5, 5.41) is 6.76. The smallest absolute Gasteiger partial charge is 0.224 e. The second-order valence-electron chi connectivity index (χ2n) is 4.96. The summed E-state index contributed by atoms with van der Waals surface area (Å²) in [6.07, 6.45) is 9.02. The van der Waals surface area contributed by atoms with Crippen molar-refractivity contribution in [2.45, 2.75) is 65.3 Å². The highest BCUT2D eigenvalue weighted by molar-refractivity contribution is 5.40. The Morgan fingerprint density at radius 2 is 1.95 bits per heavy atom. The highest BCUT2D eigenvalue weighted by Gasteiger charge is 2.08. The molecule has 1 atom stereocenters. The summed E-state index contributed by atoms with van der Waals surface area (Å²) in [5.41, 5.74) is 0. The fourth-order valence-electron chi connectivity index (χ4n) is 2.06. The van der Waals surface area contributed by atoms with Crippen molar-refractivity contribution in [3.05, 3.63) is 12.3 Å². The minimum Gasteiger partial charge on any atom is -0.367 e. The van der Waals surface area contributed by atoms with E-state index in [1.54, 1.807) is 0 Å². The van der Waals surface area contributed by atoms with Crippen molar-refractivity contribution in [2.24, 2.45) is 0 Å². The van der Waals surface area contributed by atoms with Gasteiger partial charge < -0.3 is 10.6 Å². The van der Waals surface area contributed by atoms with Gasteiger partial charge in [-0.15, -0.1) is 0 Å². The average molecular weight is 264 g/mol. The van der Waals surface area contributed by atoms with E-state index in [0.717, 1.165) is 24.7 Å². The fraction of sp³-hybridized carbons (Fsp3) is 0.733. The minimum atomic E-state index is 0.527. The van der Waals surface area contributed by atoms with Crippen LogP contribution in [0.1, 0.15) is 59.3 Å². The molecule has 0 bridgehead atoms. The molecule has 1 unspecified atom stereocenters. The SMILES string of the molecule is CCCCC(CCC)Nc1ccnc(NCCC)n1. The molecular formula is C15H28N4. The van der Waals surface area contributed by atoms with Gasteiger partial charge in [-0.05, 0) is 25.3 Å². The Labute approximate surface area is 117 Å². The summed E-state index contributed by atoms with van der Waals surface area (Å²) in [6, 6.07) is 2.48. The molecule has 0 aliphatic carbocycles. The van der Waals surface area contributed by atoms with E-state index in [-0.39, 0.29) is 0 Å². The lowest BCUT2D eigenvalue weighted by Crippen LogP contribution is -2.20. The van der Waals surface area contributed by atoms with Gasteiger partial charge in [-0.3, -0.25) is 0 Å². The van der Waals surface area contributed by atoms with Crippen LogP contribution < -0.4 is 10.6 Å². The fourth-order valence-corrected chi connectivity index (χ4v) is 2.06. The van der Waals surface area contributed by atoms with Gasteiger partial charge in [0.25, 0.3) is 0 Å². The van der Waals surface area contributed by atoms with Gasteiger partial charge in [0.2, 0.25) is 5.95 Å². The van der Waals surface area contributed by atoms with Crippen LogP contribution in [0.2, 0.25) is 0 Å². The molecule has 0 fully saturated rings. The molecule has 0 aliphatic rings. The minimum absolute atomic E-state index is 0.527. The molecule has 1 rings (SSSR count). The van der Waals surface area contributed by atoms with Gasteiger partial charge in [0.15, 0.2) is 0 Å². The molecule has 4 nitrogen and oxygen atoms in total. The molecule has 1 aromatic rings. The molecule has 2 N–H and O–H groups in total. The number of nitrogens with one attached hydrogen (secondary N) is 2. The summed E-state index contributed by atoms with van der Waals surface area (Å²) >= 11 is 0. The summed E-state index contributed by atoms with van der Waals surface area (Å²) in [6.45, 7) is 7.52. The zero-order valence-corrected chi connectivity index (χ0v) is 12.6. The summed E-state index contributed by atoms with van der Waals surface area (Å²) in [7, 11) is 0. The Bertz CT molecular complexity index is 341. The highest BCUT2D eigenvalue weighted by Crippen LogP contribution is 2.14. The van der Waals surface area contributed by atoms with Gasteiger partial charge in [0.1, 0.15) is 5.82 Å². The van der Waals surface area contributed by atoms with Gasteiger partial charge >= 0.3 is 0 Å². The maximum atomic E-state index is 4.51. The van der Waals surface area contributed by atoms with Crippen LogP contribution in [-0.2, 0) is 0 Å². The van der Waals surface area contributed by atoms with E-state index in [0.29, 0.717) is 6.04 Å². The number of anilines is 2. The first kappa shape index (κ1) is 15.7. The predicted molar refractivity (Wildman–Crippen MR) is 82.7 cm³/mol. The molecule has 4 heteroatoms. The van der Waals surface area contributed by atoms with E-state index in [1.165, 1.54) is 32.1 Å². The quantitative estimate of drug-likeness (QED) is 0.669. The average Bonchev–Trinajstić information content (AvgIpc) is 2.43. The summed E-state index contributed by atoms with van der Waals surface area (Å²) in [4.78, 5) is 8.74. The van der Waals surface area contributed by atoms with Gasteiger partial charge in [-0.2, -0.15) is 4.98 Å². The second kappa shape index (κ2) is 9.59. The van der Waals surface area contributed by atoms with Crippen LogP contribution in [0.15, 0.2) is 12.3 Å². The van der Waals surface area contributed by atoms with E-state index in [4.69, 9.17) is 0 Å². The highest BCUT2D eigenvalue weighted by atomic mass is 15.1. The maximum absolute atomic E-state index is 4.51. The van der Waals surface area contributed by atoms with Crippen LogP contribution in [0, 0.1) is 0 Å². The van der Waals surface area contributed by atoms with E-state index in [9.17, 15) is 0 Å². The van der Waals surface area contributed by atoms with E-state index in [1.807, 2.05) is 12.3 Å². The molecule has 0 amide bonds. The Morgan fingerprint density at radius 3 is 2.63 bits per heavy atom. The lowest BCUT2D eigenvalue weighted by Gasteiger charge is -2.18. The zero-order chi connectivity index (χ0) is 13.9. The van der Waals surface area contributed by atoms with E-state index >= 15 is 0 Å². The van der Waals surface area contributed by atoms with E-state index < -0.39 is 0 Å². The standard InChI is InChI=1S/C15H28N4/c1-4-7-9-13(8-5-2)18-14-10-12-17-15(19-14)16-11-6-3/h10,12-13H,4-9,11H2,1-3H3,(H2,16,17,18,19). The third-order valence-electron chi connectivity index (χ3n) is 3.08. The molecule has 108 valence electrons. The summed E-state index contributed by atoms with van der Waals surface area (Å²) < 4.78 is 0. The molecule has 0 aromatic carbocycles. The Hall–Kier alpha value is -1.32. The first-order chi connectivity index (χ1) is 9.30. The zero-order valence-electron chi connectivity index (χ0n) is 12.6. The predicted octanol–water partition coefficient (Wildman–Crippen LogP) is 4.07. The number of aromatic nitrogens is 2. The van der Waals surface area contributed by atoms with Crippen molar-refractivity contribution in [2.75, 3.05) is 17.2 Å². The number of rotatable bonds is 10. The van der Waals surface area contributed by atoms with Crippen LogP contribution in [0.5, 0.6) is 0 Å². The van der Waals surface area contributed by atoms with Crippen LogP contribution >= 0.6 is 0 Å². The molecule has 0 aliphatic heterocycles. The second-order valence-corrected chi connectivity index (χ2v) is 4.96. The molecule has 19 heavy (non-hydrogen) atoms. The van der Waals surface area contributed by atoms with Crippen LogP contribution in [0.25, 0.3) is 0 Å². The molecule has 0 spiro atoms. The molecule has 0 saturated carbocycles. The molecule has 0 saturated heterocycles. The lowest BCUT2D eigenvalue weighted by atomic mass is 10.1. The molecule has 1 heterocycles. The Balaban J connectivity index is 2.56. The number of hydrogen-bond acceptors (Lipinski definition) is 4. The Kier molecular flexibility index (Phi) is 7.94. The van der Waals surface area contributed by atoms with Crippen molar-refractivity contribution >= 4 is 11.8 Å². The molecule has 1 aromatic heterocycles. The van der Waals surface area contributed by atoms with Crippen molar-refractivity contribution in [3.63, 3.8) is 0 Å². The molecule has 0 radical (unpaired) electrons. The van der Waals surface area contributed by atoms with Crippen molar-refractivity contribution in [1.82, 2.24) is 9.97 Å². The number of unbranched alkanes of at least 4 members (excludes halogenated alkanes) is 1. The van der Waals surface area contributed by atoms with Crippen LogP contribution in [0.4, 0.5) is 11.8 Å². The maximum Gasteiger partial charge on any atom is 0.224 e. The largest absolute Gasteiger partial charge is 0.367 e. The normalized spacial score (nSPS) is 12.2. The third-order valence-corrected chi connectivity index (χ3v) is 3.08. The van der Waals surface area contributed by atoms with Gasteiger partial charge in [-0.1, -0.05) is 40.0 Å². The monoisotopic (exact) mass is 264 g/mol. The number of nitrogens with zero attached hydrogens (tertiary/aromatic N) is 2. The van der Waals surface area contributed by atoms with Gasteiger partial charge in [-0.25, -0.2) is 4.98 Å². The van der Waals surface area contributed by atoms with Crippen molar-refractivity contribution in [3.8, 4) is 0 Å². The van der Waals surface area contributed by atoms with Crippen molar-refractivity contribution in [1.29, 1.82) is 0 Å². The first-order valence-electron chi connectivity index (χ1n) is 7.63. The molecular weight excluding hydrogens is 236 g/mol. The third kappa shape index (κ3) is 6.41. The Morgan fingerprint density at radius 1 is 1.11 bits per heavy atom. The lowest BCUT2D eigenvalue weighted by molar-refractivity contribution is 0.563. The van der Waals surface area contributed by atoms with Gasteiger partial charge in [0, 0.05) is 18.8 Å². The topological polar surface area (TPSA) is 49.8 Å². The van der Waals surface area contributed by atoms with Crippen LogP contribution in [-0.4, -0.2) is 22.6 Å². The first-order valence-corrected chi connectivity index (χ1v) is 7.63. The number of hydrogen-bond donors (Lipinski definition) is 2. The summed E-state index contributed by atoms with van der Waals surface area (Å²) in [5.74, 6) is 1.65. The van der Waals surface area contributed by atoms with Crippen LogP contribution in [0.3, 0.4) is 0 Å².